The van der Waals surface area contributed by atoms with Crippen molar-refractivity contribution in [1.29, 1.82) is 0 Å². The first kappa shape index (κ1) is 22.3. The minimum absolute atomic E-state index is 0. The van der Waals surface area contributed by atoms with E-state index in [-0.39, 0.29) is 42.7 Å². The molecule has 1 saturated heterocycles. The smallest absolute Gasteiger partial charge is 0.224 e. The quantitative estimate of drug-likeness (QED) is 0.785. The van der Waals surface area contributed by atoms with Crippen molar-refractivity contribution in [1.82, 2.24) is 10.2 Å². The lowest BCUT2D eigenvalue weighted by molar-refractivity contribution is -0.124. The molecule has 1 rings (SSSR count). The third-order valence-electron chi connectivity index (χ3n) is 4.21. The molecule has 122 valence electrons. The maximum absolute atomic E-state index is 11.7. The van der Waals surface area contributed by atoms with Crippen molar-refractivity contribution in [3.8, 4) is 0 Å². The Labute approximate surface area is 136 Å². The zero-order chi connectivity index (χ0) is 13.5. The van der Waals surface area contributed by atoms with Gasteiger partial charge in [-0.2, -0.15) is 0 Å². The molecule has 0 aromatic heterocycles. The van der Waals surface area contributed by atoms with E-state index in [4.69, 9.17) is 5.73 Å². The summed E-state index contributed by atoms with van der Waals surface area (Å²) in [5, 5.41) is 3.00. The van der Waals surface area contributed by atoms with Crippen molar-refractivity contribution in [2.45, 2.75) is 46.1 Å². The number of likely N-dealkylation sites (tertiary alicyclic amines) is 1. The van der Waals surface area contributed by atoms with Crippen LogP contribution >= 0.6 is 24.8 Å². The summed E-state index contributed by atoms with van der Waals surface area (Å²) < 4.78 is 0. The highest BCUT2D eigenvalue weighted by molar-refractivity contribution is 5.85. The SMILES string of the molecule is CCN1CCC(CCNC(=O)C(C)C(C)N)CC1.Cl.Cl. The monoisotopic (exact) mass is 327 g/mol. The van der Waals surface area contributed by atoms with Gasteiger partial charge in [-0.3, -0.25) is 4.79 Å². The van der Waals surface area contributed by atoms with Gasteiger partial charge >= 0.3 is 0 Å². The normalized spacial score (nSPS) is 19.4. The summed E-state index contributed by atoms with van der Waals surface area (Å²) in [7, 11) is 0. The van der Waals surface area contributed by atoms with E-state index in [1.165, 1.54) is 25.9 Å². The number of nitrogens with zero attached hydrogens (tertiary/aromatic N) is 1. The van der Waals surface area contributed by atoms with E-state index in [1.54, 1.807) is 0 Å². The van der Waals surface area contributed by atoms with Crippen LogP contribution in [0.5, 0.6) is 0 Å². The molecular weight excluding hydrogens is 297 g/mol. The summed E-state index contributed by atoms with van der Waals surface area (Å²) in [5.41, 5.74) is 5.72. The summed E-state index contributed by atoms with van der Waals surface area (Å²) in [6.45, 7) is 10.4. The van der Waals surface area contributed by atoms with Gasteiger partial charge in [-0.1, -0.05) is 13.8 Å². The molecule has 4 nitrogen and oxygen atoms in total. The Hall–Kier alpha value is -0.0300. The van der Waals surface area contributed by atoms with Gasteiger partial charge in [-0.25, -0.2) is 0 Å². The molecular formula is C14H31Cl2N3O. The maximum atomic E-state index is 11.7. The number of carbonyl (C=O) groups is 1. The fourth-order valence-electron chi connectivity index (χ4n) is 2.39. The van der Waals surface area contributed by atoms with Crippen molar-refractivity contribution in [2.75, 3.05) is 26.2 Å². The fraction of sp³-hybridized carbons (Fsp3) is 0.929. The van der Waals surface area contributed by atoms with Gasteiger partial charge in [0.25, 0.3) is 0 Å². The van der Waals surface area contributed by atoms with Crippen LogP contribution in [0.3, 0.4) is 0 Å². The Morgan fingerprint density at radius 3 is 2.30 bits per heavy atom. The second-order valence-corrected chi connectivity index (χ2v) is 5.61. The molecule has 0 saturated carbocycles. The Morgan fingerprint density at radius 1 is 1.30 bits per heavy atom. The van der Waals surface area contributed by atoms with Crippen LogP contribution < -0.4 is 11.1 Å². The second-order valence-electron chi connectivity index (χ2n) is 5.61. The molecule has 1 fully saturated rings. The highest BCUT2D eigenvalue weighted by Crippen LogP contribution is 2.19. The van der Waals surface area contributed by atoms with Crippen LogP contribution in [0.1, 0.15) is 40.0 Å². The predicted octanol–water partition coefficient (Wildman–Crippen LogP) is 2.05. The van der Waals surface area contributed by atoms with Crippen LogP contribution in [-0.2, 0) is 4.79 Å². The lowest BCUT2D eigenvalue weighted by atomic mass is 9.93. The number of nitrogens with two attached hydrogens (primary N) is 1. The van der Waals surface area contributed by atoms with Gasteiger partial charge in [-0.15, -0.1) is 24.8 Å². The lowest BCUT2D eigenvalue weighted by Gasteiger charge is -2.31. The number of hydrogen-bond acceptors (Lipinski definition) is 3. The molecule has 6 heteroatoms. The molecule has 1 amide bonds. The van der Waals surface area contributed by atoms with Crippen LogP contribution in [-0.4, -0.2) is 43.0 Å². The third kappa shape index (κ3) is 7.67. The van der Waals surface area contributed by atoms with Crippen molar-refractivity contribution < 1.29 is 4.79 Å². The summed E-state index contributed by atoms with van der Waals surface area (Å²) in [5.74, 6) is 0.779. The topological polar surface area (TPSA) is 58.4 Å². The van der Waals surface area contributed by atoms with Gasteiger partial charge in [0.05, 0.1) is 0 Å². The molecule has 20 heavy (non-hydrogen) atoms. The van der Waals surface area contributed by atoms with Crippen LogP contribution in [0, 0.1) is 11.8 Å². The van der Waals surface area contributed by atoms with Gasteiger partial charge in [0.2, 0.25) is 5.91 Å². The number of nitrogens with one attached hydrogen (secondary N) is 1. The minimum Gasteiger partial charge on any atom is -0.356 e. The van der Waals surface area contributed by atoms with E-state index in [2.05, 4.69) is 17.1 Å². The minimum atomic E-state index is -0.0908. The number of piperidine rings is 1. The zero-order valence-corrected chi connectivity index (χ0v) is 14.6. The van der Waals surface area contributed by atoms with Gasteiger partial charge in [-0.05, 0) is 51.7 Å². The number of hydrogen-bond donors (Lipinski definition) is 2. The standard InChI is InChI=1S/C14H29N3O.2ClH/c1-4-17-9-6-13(7-10-17)5-8-16-14(18)11(2)12(3)15;;/h11-13H,4-10,15H2,1-3H3,(H,16,18);2*1H. The van der Waals surface area contributed by atoms with Gasteiger partial charge in [0.1, 0.15) is 0 Å². The molecule has 0 spiro atoms. The first-order chi connectivity index (χ1) is 8.54. The lowest BCUT2D eigenvalue weighted by Crippen LogP contribution is -2.40. The molecule has 0 bridgehead atoms. The summed E-state index contributed by atoms with van der Waals surface area (Å²) in [6.07, 6.45) is 3.65. The third-order valence-corrected chi connectivity index (χ3v) is 4.21. The molecule has 3 N–H and O–H groups in total. The number of rotatable bonds is 6. The largest absolute Gasteiger partial charge is 0.356 e. The first-order valence-corrected chi connectivity index (χ1v) is 7.30. The van der Waals surface area contributed by atoms with Crippen molar-refractivity contribution >= 4 is 30.7 Å². The van der Waals surface area contributed by atoms with Crippen LogP contribution in [0.25, 0.3) is 0 Å². The number of amides is 1. The summed E-state index contributed by atoms with van der Waals surface area (Å²) in [6, 6.07) is -0.0715. The molecule has 0 aromatic rings. The Kier molecular flexibility index (Phi) is 12.9. The Balaban J connectivity index is 0. The van der Waals surface area contributed by atoms with E-state index < -0.39 is 0 Å². The van der Waals surface area contributed by atoms with E-state index in [1.807, 2.05) is 13.8 Å². The summed E-state index contributed by atoms with van der Waals surface area (Å²) >= 11 is 0. The highest BCUT2D eigenvalue weighted by Gasteiger charge is 2.19. The van der Waals surface area contributed by atoms with Crippen LogP contribution in [0.15, 0.2) is 0 Å². The first-order valence-electron chi connectivity index (χ1n) is 7.30. The molecule has 1 heterocycles. The zero-order valence-electron chi connectivity index (χ0n) is 12.9. The molecule has 0 aliphatic carbocycles. The molecule has 0 radical (unpaired) electrons. The van der Waals surface area contributed by atoms with Gasteiger partial charge < -0.3 is 16.0 Å². The van der Waals surface area contributed by atoms with Gasteiger partial charge in [0, 0.05) is 18.5 Å². The van der Waals surface area contributed by atoms with Crippen molar-refractivity contribution in [3.63, 3.8) is 0 Å². The van der Waals surface area contributed by atoms with Crippen LogP contribution in [0.4, 0.5) is 0 Å². The van der Waals surface area contributed by atoms with Gasteiger partial charge in [0.15, 0.2) is 0 Å². The Bertz CT molecular complexity index is 257. The number of halogens is 2. The molecule has 0 aromatic carbocycles. The molecule has 1 aliphatic rings. The average molecular weight is 328 g/mol. The second kappa shape index (κ2) is 11.6. The summed E-state index contributed by atoms with van der Waals surface area (Å²) in [4.78, 5) is 14.2. The Morgan fingerprint density at radius 2 is 1.85 bits per heavy atom. The molecule has 2 atom stereocenters. The van der Waals surface area contributed by atoms with E-state index >= 15 is 0 Å². The van der Waals surface area contributed by atoms with E-state index in [9.17, 15) is 4.79 Å². The van der Waals surface area contributed by atoms with Crippen molar-refractivity contribution in [2.24, 2.45) is 17.6 Å². The maximum Gasteiger partial charge on any atom is 0.224 e. The van der Waals surface area contributed by atoms with E-state index in [0.29, 0.717) is 0 Å². The number of carbonyl (C=O) groups excluding carboxylic acids is 1. The highest BCUT2D eigenvalue weighted by atomic mass is 35.5. The predicted molar refractivity (Wildman–Crippen MR) is 89.8 cm³/mol. The van der Waals surface area contributed by atoms with Crippen LogP contribution in [0.2, 0.25) is 0 Å². The molecule has 2 unspecified atom stereocenters. The average Bonchev–Trinajstić information content (AvgIpc) is 2.38. The van der Waals surface area contributed by atoms with E-state index in [0.717, 1.165) is 25.4 Å². The molecule has 1 aliphatic heterocycles. The van der Waals surface area contributed by atoms with Crippen molar-refractivity contribution in [3.05, 3.63) is 0 Å². The fourth-order valence-corrected chi connectivity index (χ4v) is 2.39.